The maximum absolute atomic E-state index is 12.5. The lowest BCUT2D eigenvalue weighted by Crippen LogP contribution is -2.45. The van der Waals surface area contributed by atoms with Gasteiger partial charge in [-0.25, -0.2) is 9.97 Å². The molecule has 0 aliphatic carbocycles. The van der Waals surface area contributed by atoms with Crippen LogP contribution in [0.4, 0.5) is 0 Å². The lowest BCUT2D eigenvalue weighted by atomic mass is 9.95. The van der Waals surface area contributed by atoms with Crippen molar-refractivity contribution in [3.63, 3.8) is 0 Å². The lowest BCUT2D eigenvalue weighted by molar-refractivity contribution is 0.125. The quantitative estimate of drug-likeness (QED) is 0.785. The highest BCUT2D eigenvalue weighted by atomic mass is 32.2. The first-order valence-corrected chi connectivity index (χ1v) is 10.4. The molecule has 25 heavy (non-hydrogen) atoms. The Morgan fingerprint density at radius 2 is 1.84 bits per heavy atom. The molecule has 3 saturated heterocycles. The molecule has 8 heteroatoms. The molecule has 2 atom stereocenters. The third-order valence-corrected chi connectivity index (χ3v) is 7.08. The van der Waals surface area contributed by atoms with Crippen LogP contribution >= 0.6 is 0 Å². The highest BCUT2D eigenvalue weighted by Crippen LogP contribution is 2.30. The van der Waals surface area contributed by atoms with Gasteiger partial charge in [0.15, 0.2) is 0 Å². The molecule has 4 rings (SSSR count). The molecule has 0 radical (unpaired) electrons. The van der Waals surface area contributed by atoms with E-state index in [1.165, 1.54) is 4.31 Å². The Hall–Kier alpha value is -1.09. The van der Waals surface area contributed by atoms with Crippen LogP contribution in [0.2, 0.25) is 0 Å². The fraction of sp³-hybridized carbons (Fsp3) is 0.765. The van der Waals surface area contributed by atoms with Crippen molar-refractivity contribution in [1.29, 1.82) is 0 Å². The van der Waals surface area contributed by atoms with Crippen molar-refractivity contribution in [3.05, 3.63) is 23.8 Å². The van der Waals surface area contributed by atoms with E-state index in [1.54, 1.807) is 18.4 Å². The van der Waals surface area contributed by atoms with Crippen LogP contribution in [0.1, 0.15) is 44.0 Å². The molecule has 140 valence electrons. The predicted molar refractivity (Wildman–Crippen MR) is 97.2 cm³/mol. The number of hydrogen-bond acceptors (Lipinski definition) is 5. The summed E-state index contributed by atoms with van der Waals surface area (Å²) in [6.45, 7) is 7.09. The number of piperidine rings is 1. The molecule has 2 bridgehead atoms. The summed E-state index contributed by atoms with van der Waals surface area (Å²) < 4.78 is 28.1. The van der Waals surface area contributed by atoms with Crippen LogP contribution in [0.3, 0.4) is 0 Å². The molecule has 3 fully saturated rings. The van der Waals surface area contributed by atoms with Crippen LogP contribution < -0.4 is 0 Å². The zero-order valence-corrected chi connectivity index (χ0v) is 16.4. The van der Waals surface area contributed by atoms with Crippen molar-refractivity contribution in [2.45, 2.75) is 45.2 Å². The van der Waals surface area contributed by atoms with Crippen molar-refractivity contribution in [3.8, 4) is 0 Å². The molecule has 1 aromatic heterocycles. The van der Waals surface area contributed by atoms with Crippen LogP contribution in [0, 0.1) is 5.92 Å². The number of hydrogen-bond donors (Lipinski definition) is 0. The van der Waals surface area contributed by atoms with Crippen LogP contribution in [-0.4, -0.2) is 71.7 Å². The Morgan fingerprint density at radius 1 is 1.16 bits per heavy atom. The second-order valence-corrected chi connectivity index (χ2v) is 9.88. The third kappa shape index (κ3) is 4.02. The Bertz CT molecular complexity index is 689. The fourth-order valence-electron chi connectivity index (χ4n) is 3.73. The highest BCUT2D eigenvalue weighted by molar-refractivity contribution is 7.86. The molecule has 0 N–H and O–H groups in total. The third-order valence-electron chi connectivity index (χ3n) is 5.21. The summed E-state index contributed by atoms with van der Waals surface area (Å²) in [5, 5.41) is 0. The minimum atomic E-state index is -3.35. The second kappa shape index (κ2) is 7.26. The second-order valence-electron chi connectivity index (χ2n) is 7.74. The van der Waals surface area contributed by atoms with Gasteiger partial charge in [-0.05, 0) is 18.8 Å². The average Bonchev–Trinajstić information content (AvgIpc) is 2.87. The maximum atomic E-state index is 12.5. The number of fused-ring (bicyclic) bond motifs is 4. The van der Waals surface area contributed by atoms with Crippen molar-refractivity contribution in [2.24, 2.45) is 5.92 Å². The summed E-state index contributed by atoms with van der Waals surface area (Å²) >= 11 is 0. The Labute approximate surface area is 151 Å². The Kier molecular flexibility index (Phi) is 5.43. The van der Waals surface area contributed by atoms with E-state index in [0.717, 1.165) is 37.3 Å². The van der Waals surface area contributed by atoms with Crippen LogP contribution in [-0.2, 0) is 16.8 Å². The summed E-state index contributed by atoms with van der Waals surface area (Å²) in [6, 6.07) is 0.262. The van der Waals surface area contributed by atoms with Gasteiger partial charge in [0.05, 0.1) is 0 Å². The molecular formula is C17H29N5O2S. The molecule has 7 nitrogen and oxygen atoms in total. The van der Waals surface area contributed by atoms with Crippen molar-refractivity contribution in [1.82, 2.24) is 23.5 Å². The van der Waals surface area contributed by atoms with Crippen LogP contribution in [0.5, 0.6) is 0 Å². The summed E-state index contributed by atoms with van der Waals surface area (Å²) in [5.74, 6) is 1.58. The minimum absolute atomic E-state index is 0.262. The zero-order valence-electron chi connectivity index (χ0n) is 15.6. The standard InChI is InChI=1S/C17H29N5O2S/c1-13(2)17-18-7-15(8-19-17)10-21-9-14-5-6-16(21)12-22(11-14)25(23,24)20(3)4/h7-8,13-14,16H,5-6,9-12H2,1-4H3/t14-,16-/m1/s1. The van der Waals surface area contributed by atoms with E-state index in [4.69, 9.17) is 0 Å². The number of nitrogens with zero attached hydrogens (tertiary/aromatic N) is 5. The summed E-state index contributed by atoms with van der Waals surface area (Å²) in [4.78, 5) is 11.3. The van der Waals surface area contributed by atoms with Crippen molar-refractivity contribution < 1.29 is 8.42 Å². The lowest BCUT2D eigenvalue weighted by Gasteiger charge is -2.36. The van der Waals surface area contributed by atoms with Gasteiger partial charge in [-0.15, -0.1) is 0 Å². The van der Waals surface area contributed by atoms with Gasteiger partial charge in [-0.1, -0.05) is 13.8 Å². The van der Waals surface area contributed by atoms with Gasteiger partial charge in [0.25, 0.3) is 10.2 Å². The summed E-state index contributed by atoms with van der Waals surface area (Å²) in [6.07, 6.45) is 5.98. The zero-order chi connectivity index (χ0) is 18.2. The largest absolute Gasteiger partial charge is 0.294 e. The monoisotopic (exact) mass is 367 g/mol. The molecule has 0 aromatic carbocycles. The summed E-state index contributed by atoms with van der Waals surface area (Å²) in [5.41, 5.74) is 1.10. The van der Waals surface area contributed by atoms with Gasteiger partial charge in [-0.2, -0.15) is 17.0 Å². The maximum Gasteiger partial charge on any atom is 0.281 e. The van der Waals surface area contributed by atoms with Gasteiger partial charge in [0.1, 0.15) is 5.82 Å². The first-order valence-electron chi connectivity index (χ1n) is 9.00. The number of aromatic nitrogens is 2. The first-order chi connectivity index (χ1) is 11.8. The molecule has 3 aliphatic rings. The van der Waals surface area contributed by atoms with E-state index in [0.29, 0.717) is 24.9 Å². The topological polar surface area (TPSA) is 69.6 Å². The van der Waals surface area contributed by atoms with Crippen LogP contribution in [0.25, 0.3) is 0 Å². The van der Waals surface area contributed by atoms with Gasteiger partial charge in [0.2, 0.25) is 0 Å². The fourth-order valence-corrected chi connectivity index (χ4v) is 4.95. The molecule has 0 amide bonds. The minimum Gasteiger partial charge on any atom is -0.294 e. The summed E-state index contributed by atoms with van der Waals surface area (Å²) in [7, 11) is -0.136. The highest BCUT2D eigenvalue weighted by Gasteiger charge is 2.39. The van der Waals surface area contributed by atoms with Crippen LogP contribution in [0.15, 0.2) is 12.4 Å². The first kappa shape index (κ1) is 18.7. The molecule has 0 unspecified atom stereocenters. The molecule has 4 heterocycles. The van der Waals surface area contributed by atoms with Gasteiger partial charge in [-0.3, -0.25) is 4.90 Å². The Morgan fingerprint density at radius 3 is 2.44 bits per heavy atom. The van der Waals surface area contributed by atoms with E-state index >= 15 is 0 Å². The van der Waals surface area contributed by atoms with Crippen molar-refractivity contribution in [2.75, 3.05) is 33.7 Å². The Balaban J connectivity index is 1.72. The average molecular weight is 368 g/mol. The smallest absolute Gasteiger partial charge is 0.281 e. The molecular weight excluding hydrogens is 338 g/mol. The van der Waals surface area contributed by atoms with E-state index in [9.17, 15) is 8.42 Å². The van der Waals surface area contributed by atoms with E-state index in [-0.39, 0.29) is 6.04 Å². The van der Waals surface area contributed by atoms with E-state index in [2.05, 4.69) is 28.7 Å². The van der Waals surface area contributed by atoms with Gasteiger partial charge >= 0.3 is 0 Å². The molecule has 0 saturated carbocycles. The molecule has 0 spiro atoms. The van der Waals surface area contributed by atoms with E-state index < -0.39 is 10.2 Å². The normalized spacial score (nSPS) is 25.7. The molecule has 1 aromatic rings. The number of rotatable bonds is 5. The van der Waals surface area contributed by atoms with E-state index in [1.807, 2.05) is 12.4 Å². The predicted octanol–water partition coefficient (Wildman–Crippen LogP) is 1.30. The van der Waals surface area contributed by atoms with Gasteiger partial charge in [0, 0.05) is 70.2 Å². The SMILES string of the molecule is CC(C)c1ncc(CN2C[C@H]3CC[C@@H]2CN(S(=O)(=O)N(C)C)C3)cn1. The van der Waals surface area contributed by atoms with Gasteiger partial charge < -0.3 is 0 Å². The van der Waals surface area contributed by atoms with Crippen molar-refractivity contribution >= 4 is 10.2 Å². The molecule has 3 aliphatic heterocycles.